The zero-order valence-corrected chi connectivity index (χ0v) is 15.4. The molecule has 0 aromatic heterocycles. The van der Waals surface area contributed by atoms with E-state index in [0.29, 0.717) is 13.2 Å². The molecule has 0 spiro atoms. The van der Waals surface area contributed by atoms with E-state index >= 15 is 0 Å². The number of rotatable bonds is 1. The molecule has 1 amide bonds. The van der Waals surface area contributed by atoms with Crippen molar-refractivity contribution in [3.63, 3.8) is 0 Å². The molecule has 0 saturated carbocycles. The predicted molar refractivity (Wildman–Crippen MR) is 95.3 cm³/mol. The molecule has 1 aromatic carbocycles. The van der Waals surface area contributed by atoms with Gasteiger partial charge >= 0.3 is 6.09 Å². The van der Waals surface area contributed by atoms with Crippen molar-refractivity contribution in [2.24, 2.45) is 0 Å². The number of carbonyl (C=O) groups excluding carboxylic acids is 1. The maximum absolute atomic E-state index is 12.6. The Kier molecular flexibility index (Phi) is 4.63. The monoisotopic (exact) mass is 349 g/mol. The van der Waals surface area contributed by atoms with E-state index in [2.05, 4.69) is 12.1 Å². The van der Waals surface area contributed by atoms with Gasteiger partial charge in [0.2, 0.25) is 0 Å². The number of nitrogens with zero attached hydrogens (tertiary/aromatic N) is 1. The Labute approximate surface area is 148 Å². The highest BCUT2D eigenvalue weighted by molar-refractivity contribution is 6.31. The molecule has 1 aromatic rings. The minimum Gasteiger partial charge on any atom is -0.444 e. The summed E-state index contributed by atoms with van der Waals surface area (Å²) in [6, 6.07) is 6.00. The number of benzene rings is 1. The highest BCUT2D eigenvalue weighted by Gasteiger charge is 2.40. The van der Waals surface area contributed by atoms with Gasteiger partial charge in [-0.15, -0.1) is 0 Å². The Balaban J connectivity index is 1.87. The molecule has 2 unspecified atom stereocenters. The number of halogens is 1. The Morgan fingerprint density at radius 3 is 2.71 bits per heavy atom. The molecule has 130 valence electrons. The summed E-state index contributed by atoms with van der Waals surface area (Å²) in [5.74, 6) is 0. The summed E-state index contributed by atoms with van der Waals surface area (Å²) >= 11 is 6.13. The molecule has 24 heavy (non-hydrogen) atoms. The standard InChI is InChI=1S/C19H24ClNO3/c1-12-7-13(5-6-17(12)20)14-8-15-10-23-11-16(9-14)21(15)18(22)24-19(2,3)4/h5-8,15-16H,9-11H2,1-4H3. The molecule has 0 radical (unpaired) electrons. The van der Waals surface area contributed by atoms with Crippen LogP contribution in [0.4, 0.5) is 4.79 Å². The Hall–Kier alpha value is -1.52. The number of carbonyl (C=O) groups is 1. The van der Waals surface area contributed by atoms with Crippen LogP contribution in [0.5, 0.6) is 0 Å². The number of hydrogen-bond acceptors (Lipinski definition) is 3. The molecule has 2 atom stereocenters. The minimum absolute atomic E-state index is 0.00887. The smallest absolute Gasteiger partial charge is 0.411 e. The Bertz CT molecular complexity index is 678. The zero-order chi connectivity index (χ0) is 17.5. The molecule has 2 aliphatic rings. The lowest BCUT2D eigenvalue weighted by Gasteiger charge is -2.44. The van der Waals surface area contributed by atoms with Gasteiger partial charge in [-0.25, -0.2) is 4.79 Å². The fourth-order valence-corrected chi connectivity index (χ4v) is 3.37. The maximum atomic E-state index is 12.6. The third kappa shape index (κ3) is 3.60. The maximum Gasteiger partial charge on any atom is 0.411 e. The summed E-state index contributed by atoms with van der Waals surface area (Å²) in [4.78, 5) is 14.4. The number of fused-ring (bicyclic) bond motifs is 2. The average molecular weight is 350 g/mol. The van der Waals surface area contributed by atoms with Crippen LogP contribution in [0.3, 0.4) is 0 Å². The lowest BCUT2D eigenvalue weighted by Crippen LogP contribution is -2.57. The quantitative estimate of drug-likeness (QED) is 0.752. The summed E-state index contributed by atoms with van der Waals surface area (Å²) in [6.07, 6.45) is 2.63. The molecule has 1 fully saturated rings. The average Bonchev–Trinajstić information content (AvgIpc) is 2.47. The molecule has 4 nitrogen and oxygen atoms in total. The van der Waals surface area contributed by atoms with Crippen molar-refractivity contribution >= 4 is 23.3 Å². The van der Waals surface area contributed by atoms with Gasteiger partial charge in [-0.3, -0.25) is 4.90 Å². The van der Waals surface area contributed by atoms with Gasteiger partial charge in [-0.2, -0.15) is 0 Å². The van der Waals surface area contributed by atoms with E-state index in [4.69, 9.17) is 21.1 Å². The van der Waals surface area contributed by atoms with Crippen LogP contribution in [0, 0.1) is 6.92 Å². The second kappa shape index (κ2) is 6.41. The van der Waals surface area contributed by atoms with E-state index in [1.807, 2.05) is 44.7 Å². The summed E-state index contributed by atoms with van der Waals surface area (Å²) in [5, 5.41) is 0.772. The lowest BCUT2D eigenvalue weighted by atomic mass is 9.89. The third-order valence-corrected chi connectivity index (χ3v) is 4.76. The lowest BCUT2D eigenvalue weighted by molar-refractivity contribution is -0.0510. The topological polar surface area (TPSA) is 38.8 Å². The van der Waals surface area contributed by atoms with Crippen LogP contribution in [-0.4, -0.2) is 41.9 Å². The van der Waals surface area contributed by atoms with Crippen molar-refractivity contribution in [2.75, 3.05) is 13.2 Å². The fraction of sp³-hybridized carbons (Fsp3) is 0.526. The minimum atomic E-state index is -0.497. The molecule has 2 heterocycles. The molecule has 3 rings (SSSR count). The molecular formula is C19H24ClNO3. The van der Waals surface area contributed by atoms with Gasteiger partial charge in [-0.05, 0) is 56.9 Å². The fourth-order valence-electron chi connectivity index (χ4n) is 3.25. The van der Waals surface area contributed by atoms with Crippen molar-refractivity contribution < 1.29 is 14.3 Å². The number of hydrogen-bond donors (Lipinski definition) is 0. The molecule has 5 heteroatoms. The summed E-state index contributed by atoms with van der Waals surface area (Å²) in [5.41, 5.74) is 2.97. The second-order valence-corrected chi connectivity index (χ2v) is 7.91. The van der Waals surface area contributed by atoms with Crippen LogP contribution >= 0.6 is 11.6 Å². The summed E-state index contributed by atoms with van der Waals surface area (Å²) in [7, 11) is 0. The Morgan fingerprint density at radius 2 is 2.08 bits per heavy atom. The third-order valence-electron chi connectivity index (χ3n) is 4.33. The van der Waals surface area contributed by atoms with Crippen molar-refractivity contribution in [3.05, 3.63) is 40.4 Å². The predicted octanol–water partition coefficient (Wildman–Crippen LogP) is 4.44. The molecular weight excluding hydrogens is 326 g/mol. The first kappa shape index (κ1) is 17.3. The van der Waals surface area contributed by atoms with Gasteiger partial charge in [0.15, 0.2) is 0 Å². The van der Waals surface area contributed by atoms with E-state index in [0.717, 1.165) is 22.6 Å². The molecule has 2 bridgehead atoms. The van der Waals surface area contributed by atoms with Crippen molar-refractivity contribution in [2.45, 2.75) is 51.8 Å². The molecule has 1 saturated heterocycles. The van der Waals surface area contributed by atoms with Crippen LogP contribution < -0.4 is 0 Å². The van der Waals surface area contributed by atoms with E-state index in [9.17, 15) is 4.79 Å². The van der Waals surface area contributed by atoms with Crippen LogP contribution in [0.25, 0.3) is 5.57 Å². The SMILES string of the molecule is Cc1cc(C2=CC3COCC(C2)N3C(=O)OC(C)(C)C)ccc1Cl. The van der Waals surface area contributed by atoms with E-state index in [-0.39, 0.29) is 18.2 Å². The number of aryl methyl sites for hydroxylation is 1. The van der Waals surface area contributed by atoms with Crippen LogP contribution in [-0.2, 0) is 9.47 Å². The van der Waals surface area contributed by atoms with Gasteiger partial charge in [0.25, 0.3) is 0 Å². The largest absolute Gasteiger partial charge is 0.444 e. The van der Waals surface area contributed by atoms with Gasteiger partial charge in [0, 0.05) is 5.02 Å². The van der Waals surface area contributed by atoms with Crippen molar-refractivity contribution in [1.29, 1.82) is 0 Å². The van der Waals surface area contributed by atoms with Crippen LogP contribution in [0.15, 0.2) is 24.3 Å². The number of ether oxygens (including phenoxy) is 2. The molecule has 0 N–H and O–H groups in total. The van der Waals surface area contributed by atoms with E-state index in [1.54, 1.807) is 0 Å². The number of amides is 1. The summed E-state index contributed by atoms with van der Waals surface area (Å²) in [6.45, 7) is 8.72. The van der Waals surface area contributed by atoms with Crippen LogP contribution in [0.1, 0.15) is 38.3 Å². The van der Waals surface area contributed by atoms with E-state index in [1.165, 1.54) is 5.57 Å². The molecule has 0 aliphatic carbocycles. The number of morpholine rings is 1. The van der Waals surface area contributed by atoms with E-state index < -0.39 is 5.60 Å². The first-order valence-corrected chi connectivity index (χ1v) is 8.69. The van der Waals surface area contributed by atoms with Crippen LogP contribution in [0.2, 0.25) is 5.02 Å². The van der Waals surface area contributed by atoms with Gasteiger partial charge < -0.3 is 9.47 Å². The first-order chi connectivity index (χ1) is 11.2. The van der Waals surface area contributed by atoms with Crippen molar-refractivity contribution in [1.82, 2.24) is 4.90 Å². The summed E-state index contributed by atoms with van der Waals surface area (Å²) < 4.78 is 11.2. The van der Waals surface area contributed by atoms with Gasteiger partial charge in [0.05, 0.1) is 25.3 Å². The highest BCUT2D eigenvalue weighted by Crippen LogP contribution is 2.34. The van der Waals surface area contributed by atoms with Gasteiger partial charge in [0.1, 0.15) is 5.60 Å². The highest BCUT2D eigenvalue weighted by atomic mass is 35.5. The van der Waals surface area contributed by atoms with Crippen molar-refractivity contribution in [3.8, 4) is 0 Å². The molecule has 2 aliphatic heterocycles. The normalized spacial score (nSPS) is 23.7. The second-order valence-electron chi connectivity index (χ2n) is 7.51. The van der Waals surface area contributed by atoms with Gasteiger partial charge in [-0.1, -0.05) is 29.8 Å². The zero-order valence-electron chi connectivity index (χ0n) is 14.6. The first-order valence-electron chi connectivity index (χ1n) is 8.31. The Morgan fingerprint density at radius 1 is 1.33 bits per heavy atom.